The second-order valence-electron chi connectivity index (χ2n) is 3.30. The van der Waals surface area contributed by atoms with Crippen molar-refractivity contribution in [2.45, 2.75) is 0 Å². The minimum absolute atomic E-state index is 0.121. The molecule has 0 aliphatic carbocycles. The highest BCUT2D eigenvalue weighted by Crippen LogP contribution is 2.17. The number of para-hydroxylation sites is 1. The number of rotatable bonds is 3. The number of nitrogens with zero attached hydrogens (tertiary/aromatic N) is 3. The van der Waals surface area contributed by atoms with Gasteiger partial charge in [-0.2, -0.15) is 0 Å². The molecule has 0 bridgehead atoms. The van der Waals surface area contributed by atoms with Gasteiger partial charge in [-0.1, -0.05) is 35.0 Å². The fourth-order valence-electron chi connectivity index (χ4n) is 1.53. The summed E-state index contributed by atoms with van der Waals surface area (Å²) in [5.41, 5.74) is 1.94. The Morgan fingerprint density at radius 1 is 1.41 bits per heavy atom. The monoisotopic (exact) mass is 269 g/mol. The first-order chi connectivity index (χ1) is 8.26. The molecule has 0 aliphatic heterocycles. The van der Waals surface area contributed by atoms with E-state index in [1.807, 2.05) is 24.3 Å². The SMILES string of the molecule is O/N=C(/CCl)c1ccccc1-n1cnc(Cl)c1. The highest BCUT2D eigenvalue weighted by molar-refractivity contribution is 6.32. The molecule has 2 rings (SSSR count). The fraction of sp³-hybridized carbons (Fsp3) is 0.0909. The number of benzene rings is 1. The number of halogens is 2. The maximum Gasteiger partial charge on any atom is 0.147 e. The van der Waals surface area contributed by atoms with Crippen LogP contribution in [0.25, 0.3) is 5.69 Å². The number of alkyl halides is 1. The zero-order valence-electron chi connectivity index (χ0n) is 8.72. The van der Waals surface area contributed by atoms with Gasteiger partial charge in [0.25, 0.3) is 0 Å². The van der Waals surface area contributed by atoms with Gasteiger partial charge in [-0.25, -0.2) is 4.98 Å². The average Bonchev–Trinajstić information content (AvgIpc) is 2.78. The third-order valence-electron chi connectivity index (χ3n) is 2.29. The van der Waals surface area contributed by atoms with Crippen molar-refractivity contribution < 1.29 is 5.21 Å². The summed E-state index contributed by atoms with van der Waals surface area (Å²) in [7, 11) is 0. The Labute approximate surface area is 108 Å². The summed E-state index contributed by atoms with van der Waals surface area (Å²) in [6, 6.07) is 7.40. The van der Waals surface area contributed by atoms with E-state index < -0.39 is 0 Å². The van der Waals surface area contributed by atoms with E-state index in [9.17, 15) is 0 Å². The van der Waals surface area contributed by atoms with Crippen LogP contribution >= 0.6 is 23.2 Å². The van der Waals surface area contributed by atoms with Crippen LogP contribution in [0.4, 0.5) is 0 Å². The van der Waals surface area contributed by atoms with E-state index in [4.69, 9.17) is 28.4 Å². The van der Waals surface area contributed by atoms with E-state index in [0.29, 0.717) is 10.9 Å². The van der Waals surface area contributed by atoms with Crippen LogP contribution in [0.15, 0.2) is 41.9 Å². The van der Waals surface area contributed by atoms with E-state index in [-0.39, 0.29) is 5.88 Å². The van der Waals surface area contributed by atoms with Crippen molar-refractivity contribution in [3.05, 3.63) is 47.5 Å². The van der Waals surface area contributed by atoms with Crippen LogP contribution in [0.1, 0.15) is 5.56 Å². The van der Waals surface area contributed by atoms with E-state index in [2.05, 4.69) is 10.1 Å². The number of oxime groups is 1. The molecule has 0 fully saturated rings. The van der Waals surface area contributed by atoms with Gasteiger partial charge in [0.05, 0.1) is 11.6 Å². The first kappa shape index (κ1) is 12.0. The molecule has 0 saturated carbocycles. The van der Waals surface area contributed by atoms with Gasteiger partial charge in [0.2, 0.25) is 0 Å². The molecule has 0 atom stereocenters. The van der Waals surface area contributed by atoms with Crippen molar-refractivity contribution in [3.63, 3.8) is 0 Å². The first-order valence-electron chi connectivity index (χ1n) is 4.82. The molecule has 2 aromatic rings. The van der Waals surface area contributed by atoms with Crippen LogP contribution < -0.4 is 0 Å². The topological polar surface area (TPSA) is 50.4 Å². The predicted molar refractivity (Wildman–Crippen MR) is 67.6 cm³/mol. The second kappa shape index (κ2) is 5.21. The molecule has 17 heavy (non-hydrogen) atoms. The Hall–Kier alpha value is -1.52. The molecule has 0 radical (unpaired) electrons. The van der Waals surface area contributed by atoms with E-state index in [1.165, 1.54) is 0 Å². The molecular formula is C11H9Cl2N3O. The normalized spacial score (nSPS) is 11.8. The summed E-state index contributed by atoms with van der Waals surface area (Å²) in [5.74, 6) is 0.121. The molecule has 4 nitrogen and oxygen atoms in total. The van der Waals surface area contributed by atoms with Crippen LogP contribution in [0.2, 0.25) is 5.15 Å². The summed E-state index contributed by atoms with van der Waals surface area (Å²) >= 11 is 11.5. The molecular weight excluding hydrogens is 261 g/mol. The predicted octanol–water partition coefficient (Wildman–Crippen LogP) is 2.94. The Morgan fingerprint density at radius 2 is 2.18 bits per heavy atom. The zero-order chi connectivity index (χ0) is 12.3. The van der Waals surface area contributed by atoms with Crippen molar-refractivity contribution >= 4 is 28.9 Å². The lowest BCUT2D eigenvalue weighted by Crippen LogP contribution is -2.07. The van der Waals surface area contributed by atoms with E-state index in [1.54, 1.807) is 17.1 Å². The molecule has 88 valence electrons. The Bertz CT molecular complexity index is 551. The molecule has 0 aliphatic rings. The number of hydrogen-bond donors (Lipinski definition) is 1. The smallest absolute Gasteiger partial charge is 0.147 e. The second-order valence-corrected chi connectivity index (χ2v) is 3.96. The van der Waals surface area contributed by atoms with Gasteiger partial charge in [0.15, 0.2) is 0 Å². The van der Waals surface area contributed by atoms with Crippen LogP contribution in [0.5, 0.6) is 0 Å². The summed E-state index contributed by atoms with van der Waals surface area (Å²) in [6.45, 7) is 0. The quantitative estimate of drug-likeness (QED) is 0.403. The highest BCUT2D eigenvalue weighted by atomic mass is 35.5. The lowest BCUT2D eigenvalue weighted by molar-refractivity contribution is 0.319. The molecule has 1 N–H and O–H groups in total. The summed E-state index contributed by atoms with van der Waals surface area (Å²) in [5, 5.41) is 12.5. The van der Waals surface area contributed by atoms with Crippen LogP contribution in [0, 0.1) is 0 Å². The van der Waals surface area contributed by atoms with E-state index in [0.717, 1.165) is 11.3 Å². The Balaban J connectivity index is 2.55. The van der Waals surface area contributed by atoms with Gasteiger partial charge in [-0.3, -0.25) is 0 Å². The Morgan fingerprint density at radius 3 is 2.76 bits per heavy atom. The molecule has 0 unspecified atom stereocenters. The molecule has 0 saturated heterocycles. The molecule has 0 amide bonds. The zero-order valence-corrected chi connectivity index (χ0v) is 10.2. The third-order valence-corrected chi connectivity index (χ3v) is 2.74. The fourth-order valence-corrected chi connectivity index (χ4v) is 1.87. The van der Waals surface area contributed by atoms with Crippen LogP contribution in [-0.4, -0.2) is 26.4 Å². The first-order valence-corrected chi connectivity index (χ1v) is 5.73. The molecule has 1 aromatic heterocycles. The third kappa shape index (κ3) is 2.43. The summed E-state index contributed by atoms with van der Waals surface area (Å²) < 4.78 is 1.75. The Kier molecular flexibility index (Phi) is 3.66. The standard InChI is InChI=1S/C11H9Cl2N3O/c12-5-9(15-17)8-3-1-2-4-10(8)16-6-11(13)14-7-16/h1-4,6-7,17H,5H2/b15-9-. The number of imidazole rings is 1. The van der Waals surface area contributed by atoms with E-state index >= 15 is 0 Å². The minimum Gasteiger partial charge on any atom is -0.411 e. The van der Waals surface area contributed by atoms with Gasteiger partial charge >= 0.3 is 0 Å². The number of aromatic nitrogens is 2. The van der Waals surface area contributed by atoms with Crippen molar-refractivity contribution in [1.29, 1.82) is 0 Å². The van der Waals surface area contributed by atoms with Crippen molar-refractivity contribution in [2.24, 2.45) is 5.16 Å². The van der Waals surface area contributed by atoms with Crippen molar-refractivity contribution in [3.8, 4) is 5.69 Å². The molecule has 6 heteroatoms. The largest absolute Gasteiger partial charge is 0.411 e. The van der Waals surface area contributed by atoms with Gasteiger partial charge in [-0.15, -0.1) is 11.6 Å². The van der Waals surface area contributed by atoms with Gasteiger partial charge in [-0.05, 0) is 6.07 Å². The van der Waals surface area contributed by atoms with Crippen LogP contribution in [0.3, 0.4) is 0 Å². The molecule has 1 heterocycles. The summed E-state index contributed by atoms with van der Waals surface area (Å²) in [6.07, 6.45) is 3.26. The summed E-state index contributed by atoms with van der Waals surface area (Å²) in [4.78, 5) is 3.94. The van der Waals surface area contributed by atoms with Gasteiger partial charge < -0.3 is 9.77 Å². The molecule has 0 spiro atoms. The number of hydrogen-bond acceptors (Lipinski definition) is 3. The maximum absolute atomic E-state index is 8.91. The maximum atomic E-state index is 8.91. The van der Waals surface area contributed by atoms with Crippen molar-refractivity contribution in [2.75, 3.05) is 5.88 Å². The lowest BCUT2D eigenvalue weighted by Gasteiger charge is -2.09. The molecule has 1 aromatic carbocycles. The van der Waals surface area contributed by atoms with Gasteiger partial charge in [0.1, 0.15) is 17.2 Å². The highest BCUT2D eigenvalue weighted by Gasteiger charge is 2.10. The van der Waals surface area contributed by atoms with Crippen LogP contribution in [-0.2, 0) is 0 Å². The van der Waals surface area contributed by atoms with Gasteiger partial charge in [0, 0.05) is 11.8 Å². The lowest BCUT2D eigenvalue weighted by atomic mass is 10.1. The van der Waals surface area contributed by atoms with Crippen molar-refractivity contribution in [1.82, 2.24) is 9.55 Å². The minimum atomic E-state index is 0.121. The average molecular weight is 270 g/mol.